The van der Waals surface area contributed by atoms with Gasteiger partial charge in [-0.05, 0) is 61.8 Å². The van der Waals surface area contributed by atoms with Crippen LogP contribution in [-0.2, 0) is 19.4 Å². The van der Waals surface area contributed by atoms with Crippen LogP contribution in [0.15, 0.2) is 29.1 Å². The van der Waals surface area contributed by atoms with Gasteiger partial charge in [-0.2, -0.15) is 5.10 Å². The Morgan fingerprint density at radius 1 is 1.07 bits per heavy atom. The van der Waals surface area contributed by atoms with Crippen molar-refractivity contribution in [2.24, 2.45) is 0 Å². The summed E-state index contributed by atoms with van der Waals surface area (Å²) < 4.78 is 2.03. The first-order valence-electron chi connectivity index (χ1n) is 10.5. The van der Waals surface area contributed by atoms with E-state index in [2.05, 4.69) is 48.2 Å². The fourth-order valence-electron chi connectivity index (χ4n) is 4.67. The van der Waals surface area contributed by atoms with Crippen molar-refractivity contribution in [1.82, 2.24) is 14.8 Å². The molecule has 0 bridgehead atoms. The summed E-state index contributed by atoms with van der Waals surface area (Å²) in [5.74, 6) is 0.553. The lowest BCUT2D eigenvalue weighted by atomic mass is 9.80. The van der Waals surface area contributed by atoms with E-state index >= 15 is 0 Å². The second-order valence-corrected chi connectivity index (χ2v) is 8.57. The van der Waals surface area contributed by atoms with E-state index in [0.29, 0.717) is 12.5 Å². The van der Waals surface area contributed by atoms with E-state index in [4.69, 9.17) is 5.10 Å². The molecule has 0 aliphatic heterocycles. The normalized spacial score (nSPS) is 16.8. The Balaban J connectivity index is 1.62. The highest BCUT2D eigenvalue weighted by Crippen LogP contribution is 2.41. The van der Waals surface area contributed by atoms with Gasteiger partial charge < -0.3 is 9.88 Å². The summed E-state index contributed by atoms with van der Waals surface area (Å²) in [6, 6.07) is 8.59. The van der Waals surface area contributed by atoms with Crippen LogP contribution in [0.5, 0.6) is 0 Å². The predicted molar refractivity (Wildman–Crippen MR) is 113 cm³/mol. The average Bonchev–Trinajstić information content (AvgIpc) is 2.99. The number of hydrogen-bond acceptors (Lipinski definition) is 3. The first-order chi connectivity index (χ1) is 13.6. The molecule has 146 valence electrons. The Labute approximate surface area is 165 Å². The number of aromatic amines is 1. The van der Waals surface area contributed by atoms with Gasteiger partial charge in [0, 0.05) is 36.7 Å². The Hall–Kier alpha value is -2.56. The maximum atomic E-state index is 12.8. The lowest BCUT2D eigenvalue weighted by Gasteiger charge is -2.25. The average molecular weight is 377 g/mol. The van der Waals surface area contributed by atoms with E-state index in [9.17, 15) is 4.79 Å². The molecule has 0 radical (unpaired) electrons. The minimum absolute atomic E-state index is 0.0893. The van der Waals surface area contributed by atoms with Gasteiger partial charge in [-0.15, -0.1) is 0 Å². The van der Waals surface area contributed by atoms with Crippen molar-refractivity contribution in [2.75, 3.05) is 19.0 Å². The van der Waals surface area contributed by atoms with Gasteiger partial charge in [0.25, 0.3) is 5.56 Å². The van der Waals surface area contributed by atoms with Gasteiger partial charge in [0.05, 0.1) is 12.2 Å². The molecular weight excluding hydrogens is 348 g/mol. The first-order valence-corrected chi connectivity index (χ1v) is 10.5. The van der Waals surface area contributed by atoms with Crippen LogP contribution in [0.3, 0.4) is 0 Å². The van der Waals surface area contributed by atoms with Gasteiger partial charge in [0.15, 0.2) is 0 Å². The second kappa shape index (κ2) is 6.80. The maximum absolute atomic E-state index is 12.8. The van der Waals surface area contributed by atoms with Gasteiger partial charge in [0.1, 0.15) is 5.65 Å². The minimum atomic E-state index is 0.0893. The van der Waals surface area contributed by atoms with E-state index in [1.165, 1.54) is 53.6 Å². The molecule has 1 N–H and O–H groups in total. The van der Waals surface area contributed by atoms with Gasteiger partial charge in [0.2, 0.25) is 0 Å². The molecule has 1 saturated carbocycles. The molecule has 5 rings (SSSR count). The number of aryl methyl sites for hydroxylation is 1. The summed E-state index contributed by atoms with van der Waals surface area (Å²) in [6.07, 6.45) is 7.94. The number of pyridine rings is 1. The zero-order valence-electron chi connectivity index (χ0n) is 16.8. The zero-order chi connectivity index (χ0) is 19.3. The van der Waals surface area contributed by atoms with Gasteiger partial charge in [-0.1, -0.05) is 18.6 Å². The first kappa shape index (κ1) is 17.5. The number of benzene rings is 1. The second-order valence-electron chi connectivity index (χ2n) is 8.57. The van der Waals surface area contributed by atoms with Gasteiger partial charge in [-0.3, -0.25) is 4.79 Å². The SMILES string of the molecule is CN(C)c1ccc(Cn2nc(C3CCC3)c3c4c(c(=O)[nH]c32)CCCC4)cc1. The standard InChI is InChI=1S/C23H28N4O/c1-26(2)17-12-10-15(11-13-17)14-27-22-20(21(25-27)16-6-5-7-16)18-8-3-4-9-19(18)23(28)24-22/h10-13,16H,3-9,14H2,1-2H3,(H,24,28). The van der Waals surface area contributed by atoms with Crippen LogP contribution in [0.2, 0.25) is 0 Å². The number of rotatable bonds is 4. The molecular formula is C23H28N4O. The van der Waals surface area contributed by atoms with Gasteiger partial charge in [-0.25, -0.2) is 4.68 Å². The quantitative estimate of drug-likeness (QED) is 0.749. The Morgan fingerprint density at radius 3 is 2.43 bits per heavy atom. The van der Waals surface area contributed by atoms with Gasteiger partial charge >= 0.3 is 0 Å². The largest absolute Gasteiger partial charge is 0.378 e. The number of aromatic nitrogens is 3. The van der Waals surface area contributed by atoms with E-state index in [-0.39, 0.29) is 5.56 Å². The fraction of sp³-hybridized carbons (Fsp3) is 0.478. The number of anilines is 1. The molecule has 0 atom stereocenters. The summed E-state index contributed by atoms with van der Waals surface area (Å²) >= 11 is 0. The molecule has 2 heterocycles. The summed E-state index contributed by atoms with van der Waals surface area (Å²) in [5.41, 5.74) is 6.91. The van der Waals surface area contributed by atoms with Crippen LogP contribution >= 0.6 is 0 Å². The van der Waals surface area contributed by atoms with Crippen molar-refractivity contribution in [3.05, 3.63) is 57.0 Å². The number of H-pyrrole nitrogens is 1. The highest BCUT2D eigenvalue weighted by atomic mass is 16.1. The maximum Gasteiger partial charge on any atom is 0.253 e. The summed E-state index contributed by atoms with van der Waals surface area (Å²) in [5, 5.41) is 6.30. The molecule has 2 aliphatic carbocycles. The number of hydrogen-bond donors (Lipinski definition) is 1. The Morgan fingerprint density at radius 2 is 1.79 bits per heavy atom. The monoisotopic (exact) mass is 376 g/mol. The number of fused-ring (bicyclic) bond motifs is 3. The molecule has 0 spiro atoms. The summed E-state index contributed by atoms with van der Waals surface area (Å²) in [4.78, 5) is 18.1. The Bertz CT molecular complexity index is 1070. The number of nitrogens with one attached hydrogen (secondary N) is 1. The molecule has 5 nitrogen and oxygen atoms in total. The summed E-state index contributed by atoms with van der Waals surface area (Å²) in [6.45, 7) is 0.686. The lowest BCUT2D eigenvalue weighted by molar-refractivity contribution is 0.408. The molecule has 5 heteroatoms. The molecule has 0 amide bonds. The van der Waals surface area contributed by atoms with Crippen LogP contribution in [0.25, 0.3) is 11.0 Å². The molecule has 0 unspecified atom stereocenters. The van der Waals surface area contributed by atoms with E-state index < -0.39 is 0 Å². The molecule has 3 aromatic rings. The molecule has 1 aromatic carbocycles. The van der Waals surface area contributed by atoms with Crippen LogP contribution in [0.1, 0.15) is 60.4 Å². The molecule has 28 heavy (non-hydrogen) atoms. The van der Waals surface area contributed by atoms with Crippen LogP contribution in [0, 0.1) is 0 Å². The minimum Gasteiger partial charge on any atom is -0.378 e. The van der Waals surface area contributed by atoms with Crippen LogP contribution < -0.4 is 10.5 Å². The van der Waals surface area contributed by atoms with E-state index in [1.807, 2.05) is 4.68 Å². The number of nitrogens with zero attached hydrogens (tertiary/aromatic N) is 3. The van der Waals surface area contributed by atoms with Crippen molar-refractivity contribution in [3.8, 4) is 0 Å². The summed E-state index contributed by atoms with van der Waals surface area (Å²) in [7, 11) is 4.10. The van der Waals surface area contributed by atoms with Crippen molar-refractivity contribution in [2.45, 2.75) is 57.4 Å². The third-order valence-corrected chi connectivity index (χ3v) is 6.53. The van der Waals surface area contributed by atoms with Crippen molar-refractivity contribution in [1.29, 1.82) is 0 Å². The Kier molecular flexibility index (Phi) is 4.26. The fourth-order valence-corrected chi connectivity index (χ4v) is 4.67. The van der Waals surface area contributed by atoms with Crippen molar-refractivity contribution >= 4 is 16.7 Å². The third kappa shape index (κ3) is 2.84. The van der Waals surface area contributed by atoms with Crippen molar-refractivity contribution in [3.63, 3.8) is 0 Å². The predicted octanol–water partition coefficient (Wildman–Crippen LogP) is 3.99. The smallest absolute Gasteiger partial charge is 0.253 e. The van der Waals surface area contributed by atoms with Crippen LogP contribution in [-0.4, -0.2) is 28.9 Å². The molecule has 0 saturated heterocycles. The molecule has 1 fully saturated rings. The van der Waals surface area contributed by atoms with E-state index in [1.54, 1.807) is 0 Å². The lowest BCUT2D eigenvalue weighted by Crippen LogP contribution is -2.20. The molecule has 2 aliphatic rings. The molecule has 2 aromatic heterocycles. The van der Waals surface area contributed by atoms with Crippen molar-refractivity contribution < 1.29 is 0 Å². The van der Waals surface area contributed by atoms with Crippen LogP contribution in [0.4, 0.5) is 5.69 Å². The highest BCUT2D eigenvalue weighted by molar-refractivity contribution is 5.84. The highest BCUT2D eigenvalue weighted by Gasteiger charge is 2.29. The topological polar surface area (TPSA) is 53.9 Å². The van der Waals surface area contributed by atoms with E-state index in [0.717, 1.165) is 30.5 Å². The third-order valence-electron chi connectivity index (χ3n) is 6.53. The zero-order valence-corrected chi connectivity index (χ0v) is 16.8.